The molecule has 0 radical (unpaired) electrons. The molecule has 1 atom stereocenters. The Kier molecular flexibility index (Phi) is 3.80. The first-order valence-electron chi connectivity index (χ1n) is 5.82. The van der Waals surface area contributed by atoms with Crippen molar-refractivity contribution in [2.75, 3.05) is 7.05 Å². The highest BCUT2D eigenvalue weighted by molar-refractivity contribution is 7.80. The van der Waals surface area contributed by atoms with Gasteiger partial charge in [-0.05, 0) is 13.0 Å². The summed E-state index contributed by atoms with van der Waals surface area (Å²) in [5.74, 6) is 0. The third-order valence-corrected chi connectivity index (χ3v) is 3.60. The molecular formula is C11H11N5O4S. The van der Waals surface area contributed by atoms with Crippen LogP contribution in [0, 0.1) is 10.1 Å². The molecule has 0 aliphatic carbocycles. The van der Waals surface area contributed by atoms with Crippen LogP contribution in [0.4, 0.5) is 10.5 Å². The number of nitro benzene ring substituents is 1. The van der Waals surface area contributed by atoms with Crippen molar-refractivity contribution in [3.8, 4) is 0 Å². The van der Waals surface area contributed by atoms with Crippen LogP contribution in [0.5, 0.6) is 0 Å². The molecular weight excluding hydrogens is 298 g/mol. The number of non-ortho nitro benzene ring substituents is 1. The van der Waals surface area contributed by atoms with Crippen LogP contribution in [0.25, 0.3) is 11.0 Å². The Hall–Kier alpha value is -2.62. The quantitative estimate of drug-likeness (QED) is 0.519. The van der Waals surface area contributed by atoms with E-state index in [4.69, 9.17) is 17.3 Å². The predicted molar refractivity (Wildman–Crippen MR) is 77.4 cm³/mol. The van der Waals surface area contributed by atoms with E-state index in [1.807, 2.05) is 0 Å². The van der Waals surface area contributed by atoms with Gasteiger partial charge >= 0.3 is 6.09 Å². The first kappa shape index (κ1) is 14.8. The van der Waals surface area contributed by atoms with Crippen molar-refractivity contribution >= 4 is 40.0 Å². The van der Waals surface area contributed by atoms with Gasteiger partial charge in [0.15, 0.2) is 0 Å². The lowest BCUT2D eigenvalue weighted by Gasteiger charge is -2.22. The normalized spacial score (nSPS) is 12.1. The molecule has 1 amide bonds. The molecule has 0 spiro atoms. The van der Waals surface area contributed by atoms with Crippen LogP contribution >= 0.6 is 12.2 Å². The van der Waals surface area contributed by atoms with Crippen LogP contribution in [0.3, 0.4) is 0 Å². The monoisotopic (exact) mass is 309 g/mol. The van der Waals surface area contributed by atoms with E-state index in [1.54, 1.807) is 6.92 Å². The van der Waals surface area contributed by atoms with Gasteiger partial charge in [0, 0.05) is 19.2 Å². The van der Waals surface area contributed by atoms with Crippen LogP contribution in [-0.2, 0) is 0 Å². The van der Waals surface area contributed by atoms with Crippen molar-refractivity contribution in [3.63, 3.8) is 0 Å². The summed E-state index contributed by atoms with van der Waals surface area (Å²) in [6.07, 6.45) is -1.14. The number of hydrogen-bond donors (Lipinski definition) is 1. The molecule has 0 unspecified atom stereocenters. The van der Waals surface area contributed by atoms with Gasteiger partial charge in [-0.25, -0.2) is 9.48 Å². The average Bonchev–Trinajstić information content (AvgIpc) is 2.87. The summed E-state index contributed by atoms with van der Waals surface area (Å²) in [7, 11) is 1.38. The molecule has 2 aromatic rings. The summed E-state index contributed by atoms with van der Waals surface area (Å²) in [6.45, 7) is 1.60. The highest BCUT2D eigenvalue weighted by atomic mass is 32.1. The molecule has 0 saturated heterocycles. The van der Waals surface area contributed by atoms with Gasteiger partial charge in [-0.3, -0.25) is 10.1 Å². The SMILES string of the molecule is C[C@@H](C(=S)n1nnc2ccc([N+](=O)[O-])cc21)N(C)C(=O)O. The molecule has 1 aromatic heterocycles. The second kappa shape index (κ2) is 5.40. The largest absolute Gasteiger partial charge is 0.465 e. The number of carbonyl (C=O) groups is 1. The second-order valence-corrected chi connectivity index (χ2v) is 4.76. The summed E-state index contributed by atoms with van der Waals surface area (Å²) in [5.41, 5.74) is 0.682. The highest BCUT2D eigenvalue weighted by Crippen LogP contribution is 2.19. The fraction of sp³-hybridized carbons (Fsp3) is 0.273. The number of nitro groups is 1. The zero-order valence-electron chi connectivity index (χ0n) is 11.1. The fourth-order valence-electron chi connectivity index (χ4n) is 1.69. The van der Waals surface area contributed by atoms with E-state index in [2.05, 4.69) is 10.3 Å². The van der Waals surface area contributed by atoms with E-state index >= 15 is 0 Å². The number of thiocarbonyl (C=S) groups is 1. The molecule has 1 aromatic carbocycles. The molecule has 110 valence electrons. The lowest BCUT2D eigenvalue weighted by molar-refractivity contribution is -0.384. The lowest BCUT2D eigenvalue weighted by atomic mass is 10.2. The third-order valence-electron chi connectivity index (χ3n) is 3.09. The van der Waals surface area contributed by atoms with Crippen LogP contribution in [0.2, 0.25) is 0 Å². The molecule has 9 nitrogen and oxygen atoms in total. The maximum atomic E-state index is 11.0. The highest BCUT2D eigenvalue weighted by Gasteiger charge is 2.23. The van der Waals surface area contributed by atoms with E-state index in [0.717, 1.165) is 4.90 Å². The summed E-state index contributed by atoms with van der Waals surface area (Å²) < 4.78 is 1.24. The minimum Gasteiger partial charge on any atom is -0.465 e. The number of likely N-dealkylation sites (N-methyl/N-ethyl adjacent to an activating group) is 1. The van der Waals surface area contributed by atoms with Gasteiger partial charge in [-0.1, -0.05) is 17.4 Å². The molecule has 21 heavy (non-hydrogen) atoms. The van der Waals surface area contributed by atoms with Crippen molar-refractivity contribution in [3.05, 3.63) is 28.3 Å². The van der Waals surface area contributed by atoms with Gasteiger partial charge in [0.2, 0.25) is 0 Å². The van der Waals surface area contributed by atoms with Gasteiger partial charge in [0.1, 0.15) is 16.0 Å². The Morgan fingerprint density at radius 2 is 2.24 bits per heavy atom. The van der Waals surface area contributed by atoms with Gasteiger partial charge in [-0.2, -0.15) is 0 Å². The van der Waals surface area contributed by atoms with Crippen molar-refractivity contribution < 1.29 is 14.8 Å². The Bertz CT molecular complexity index is 743. The molecule has 0 saturated carbocycles. The standard InChI is InChI=1S/C11H11N5O4S/c1-6(14(2)11(17)18)10(21)15-9-5-7(16(19)20)3-4-8(9)12-13-15/h3-6H,1-2H3,(H,17,18)/t6-/m0/s1. The van der Waals surface area contributed by atoms with E-state index < -0.39 is 17.1 Å². The number of nitrogens with zero attached hydrogens (tertiary/aromatic N) is 5. The van der Waals surface area contributed by atoms with Crippen LogP contribution in [-0.4, -0.2) is 54.1 Å². The Labute approximate surface area is 123 Å². The van der Waals surface area contributed by atoms with Gasteiger partial charge < -0.3 is 10.0 Å². The van der Waals surface area contributed by atoms with E-state index in [0.29, 0.717) is 11.0 Å². The van der Waals surface area contributed by atoms with E-state index in [1.165, 1.54) is 29.9 Å². The second-order valence-electron chi connectivity index (χ2n) is 4.34. The smallest absolute Gasteiger partial charge is 0.407 e. The Balaban J connectivity index is 2.46. The number of fused-ring (bicyclic) bond motifs is 1. The fourth-order valence-corrected chi connectivity index (χ4v) is 1.98. The maximum Gasteiger partial charge on any atom is 0.407 e. The number of aromatic nitrogens is 3. The molecule has 0 bridgehead atoms. The Morgan fingerprint density at radius 1 is 1.57 bits per heavy atom. The minimum atomic E-state index is -1.14. The van der Waals surface area contributed by atoms with Gasteiger partial charge in [-0.15, -0.1) is 5.10 Å². The summed E-state index contributed by atoms with van der Waals surface area (Å²) in [6, 6.07) is 3.44. The molecule has 10 heteroatoms. The molecule has 1 heterocycles. The third kappa shape index (κ3) is 2.65. The predicted octanol–water partition coefficient (Wildman–Crippen LogP) is 1.51. The number of hydrogen-bond acceptors (Lipinski definition) is 6. The van der Waals surface area contributed by atoms with E-state index in [9.17, 15) is 14.9 Å². The van der Waals surface area contributed by atoms with Crippen molar-refractivity contribution in [2.24, 2.45) is 0 Å². The van der Waals surface area contributed by atoms with Crippen LogP contribution in [0.1, 0.15) is 6.92 Å². The van der Waals surface area contributed by atoms with Crippen molar-refractivity contribution in [2.45, 2.75) is 13.0 Å². The molecule has 0 aliphatic rings. The molecule has 2 rings (SSSR count). The van der Waals surface area contributed by atoms with Crippen molar-refractivity contribution in [1.82, 2.24) is 19.9 Å². The number of carboxylic acid groups (broad SMARTS) is 1. The van der Waals surface area contributed by atoms with E-state index in [-0.39, 0.29) is 10.7 Å². The first-order valence-corrected chi connectivity index (χ1v) is 6.23. The number of rotatable bonds is 3. The minimum absolute atomic E-state index is 0.118. The first-order chi connectivity index (χ1) is 9.82. The van der Waals surface area contributed by atoms with Gasteiger partial charge in [0.25, 0.3) is 5.69 Å². The number of amides is 1. The number of benzene rings is 1. The average molecular weight is 309 g/mol. The van der Waals surface area contributed by atoms with Crippen LogP contribution in [0.15, 0.2) is 18.2 Å². The summed E-state index contributed by atoms with van der Waals surface area (Å²) in [4.78, 5) is 22.4. The molecule has 0 aliphatic heterocycles. The summed E-state index contributed by atoms with van der Waals surface area (Å²) in [5, 5.41) is 27.5. The van der Waals surface area contributed by atoms with Crippen LogP contribution < -0.4 is 0 Å². The Morgan fingerprint density at radius 3 is 2.81 bits per heavy atom. The summed E-state index contributed by atoms with van der Waals surface area (Å²) >= 11 is 5.21. The zero-order valence-corrected chi connectivity index (χ0v) is 11.9. The van der Waals surface area contributed by atoms with Gasteiger partial charge in [0.05, 0.1) is 11.0 Å². The molecule has 1 N–H and O–H groups in total. The molecule has 0 fully saturated rings. The zero-order chi connectivity index (χ0) is 15.7. The lowest BCUT2D eigenvalue weighted by Crippen LogP contribution is -2.41. The topological polar surface area (TPSA) is 114 Å². The van der Waals surface area contributed by atoms with Crippen molar-refractivity contribution in [1.29, 1.82) is 0 Å². The maximum absolute atomic E-state index is 11.0.